The first kappa shape index (κ1) is 11.9. The molecule has 0 bridgehead atoms. The summed E-state index contributed by atoms with van der Waals surface area (Å²) in [6.45, 7) is 6.25. The highest BCUT2D eigenvalue weighted by Gasteiger charge is 1.89. The van der Waals surface area contributed by atoms with Crippen molar-refractivity contribution in [3.8, 4) is 0 Å². The van der Waals surface area contributed by atoms with Crippen LogP contribution in [0.3, 0.4) is 0 Å². The van der Waals surface area contributed by atoms with E-state index in [1.165, 1.54) is 0 Å². The maximum absolute atomic E-state index is 8.32. The Kier molecular flexibility index (Phi) is 10.9. The van der Waals surface area contributed by atoms with E-state index in [9.17, 15) is 0 Å². The first-order chi connectivity index (χ1) is 3.77. The molecule has 0 radical (unpaired) electrons. The molecule has 0 aliphatic heterocycles. The molecule has 0 aromatic rings. The van der Waals surface area contributed by atoms with Gasteiger partial charge < -0.3 is 10.4 Å². The summed E-state index contributed by atoms with van der Waals surface area (Å²) < 4.78 is 0. The standard InChI is InChI=1S/C6H15NO.ClH/c1-6(2)5-7-3-4-8;/h6-8H,3-5H2,1-2H3;1H. The Hall–Kier alpha value is 0.210. The monoisotopic (exact) mass is 153 g/mol. The summed E-state index contributed by atoms with van der Waals surface area (Å²) in [5, 5.41) is 11.4. The summed E-state index contributed by atoms with van der Waals surface area (Å²) >= 11 is 0. The minimum atomic E-state index is 0. The van der Waals surface area contributed by atoms with Gasteiger partial charge >= 0.3 is 0 Å². The summed E-state index contributed by atoms with van der Waals surface area (Å²) in [6, 6.07) is 0. The first-order valence-electron chi connectivity index (χ1n) is 3.09. The van der Waals surface area contributed by atoms with E-state index < -0.39 is 0 Å². The molecule has 0 spiro atoms. The molecule has 0 atom stereocenters. The lowest BCUT2D eigenvalue weighted by Gasteiger charge is -2.03. The second kappa shape index (κ2) is 8.21. The van der Waals surface area contributed by atoms with Crippen LogP contribution in [-0.4, -0.2) is 24.8 Å². The van der Waals surface area contributed by atoms with Gasteiger partial charge in [0.2, 0.25) is 0 Å². The van der Waals surface area contributed by atoms with Crippen LogP contribution in [0.1, 0.15) is 13.8 Å². The minimum Gasteiger partial charge on any atom is -0.395 e. The third kappa shape index (κ3) is 11.7. The number of aliphatic hydroxyl groups is 1. The summed E-state index contributed by atoms with van der Waals surface area (Å²) in [5.74, 6) is 0.682. The Balaban J connectivity index is 0. The van der Waals surface area contributed by atoms with E-state index in [1.54, 1.807) is 0 Å². The van der Waals surface area contributed by atoms with Gasteiger partial charge in [-0.2, -0.15) is 0 Å². The molecule has 0 unspecified atom stereocenters. The van der Waals surface area contributed by atoms with Crippen LogP contribution in [0.2, 0.25) is 0 Å². The lowest BCUT2D eigenvalue weighted by molar-refractivity contribution is 0.289. The number of rotatable bonds is 4. The number of nitrogens with one attached hydrogen (secondary N) is 1. The summed E-state index contributed by atoms with van der Waals surface area (Å²) in [4.78, 5) is 0. The molecule has 58 valence electrons. The van der Waals surface area contributed by atoms with Crippen LogP contribution in [0.25, 0.3) is 0 Å². The van der Waals surface area contributed by atoms with E-state index in [-0.39, 0.29) is 19.0 Å². The van der Waals surface area contributed by atoms with Crippen molar-refractivity contribution in [2.45, 2.75) is 13.8 Å². The fourth-order valence-corrected chi connectivity index (χ4v) is 0.470. The van der Waals surface area contributed by atoms with Crippen molar-refractivity contribution >= 4 is 12.4 Å². The second-order valence-corrected chi connectivity index (χ2v) is 2.32. The molecule has 2 nitrogen and oxygen atoms in total. The molecule has 3 heteroatoms. The normalized spacial score (nSPS) is 9.33. The largest absolute Gasteiger partial charge is 0.395 e. The van der Waals surface area contributed by atoms with Crippen LogP contribution in [-0.2, 0) is 0 Å². The Labute approximate surface area is 63.1 Å². The molecule has 0 aromatic carbocycles. The average Bonchev–Trinajstić information content (AvgIpc) is 1.66. The van der Waals surface area contributed by atoms with Gasteiger partial charge in [-0.1, -0.05) is 13.8 Å². The van der Waals surface area contributed by atoms with Crippen molar-refractivity contribution in [2.24, 2.45) is 5.92 Å². The van der Waals surface area contributed by atoms with Crippen molar-refractivity contribution in [1.29, 1.82) is 0 Å². The van der Waals surface area contributed by atoms with Crippen LogP contribution in [0.4, 0.5) is 0 Å². The van der Waals surface area contributed by atoms with E-state index >= 15 is 0 Å². The molecule has 9 heavy (non-hydrogen) atoms. The third-order valence-corrected chi connectivity index (χ3v) is 0.841. The molecule has 2 N–H and O–H groups in total. The maximum atomic E-state index is 8.32. The van der Waals surface area contributed by atoms with Crippen molar-refractivity contribution < 1.29 is 5.11 Å². The van der Waals surface area contributed by atoms with Crippen molar-refractivity contribution in [1.82, 2.24) is 5.32 Å². The zero-order chi connectivity index (χ0) is 6.41. The van der Waals surface area contributed by atoms with Gasteiger partial charge in [0.05, 0.1) is 6.61 Å². The Morgan fingerprint density at radius 3 is 2.33 bits per heavy atom. The summed E-state index contributed by atoms with van der Waals surface area (Å²) in [5.41, 5.74) is 0. The molecule has 0 saturated heterocycles. The molecule has 0 aliphatic carbocycles. The van der Waals surface area contributed by atoms with Gasteiger partial charge in [0, 0.05) is 6.54 Å². The van der Waals surface area contributed by atoms with Crippen LogP contribution < -0.4 is 5.32 Å². The highest BCUT2D eigenvalue weighted by molar-refractivity contribution is 5.85. The van der Waals surface area contributed by atoms with E-state index in [4.69, 9.17) is 5.11 Å². The second-order valence-electron chi connectivity index (χ2n) is 2.32. The predicted molar refractivity (Wildman–Crippen MR) is 42.0 cm³/mol. The zero-order valence-electron chi connectivity index (χ0n) is 6.05. The van der Waals surface area contributed by atoms with E-state index in [0.717, 1.165) is 13.1 Å². The molecular formula is C6H16ClNO. The SMILES string of the molecule is CC(C)CNCCO.Cl. The van der Waals surface area contributed by atoms with Crippen molar-refractivity contribution in [2.75, 3.05) is 19.7 Å². The Morgan fingerprint density at radius 2 is 2.00 bits per heavy atom. The lowest BCUT2D eigenvalue weighted by atomic mass is 10.2. The minimum absolute atomic E-state index is 0. The Morgan fingerprint density at radius 1 is 1.44 bits per heavy atom. The van der Waals surface area contributed by atoms with Gasteiger partial charge in [0.1, 0.15) is 0 Å². The molecule has 0 aliphatic rings. The quantitative estimate of drug-likeness (QED) is 0.582. The fourth-order valence-electron chi connectivity index (χ4n) is 0.470. The van der Waals surface area contributed by atoms with E-state index in [1.807, 2.05) is 0 Å². The molecule has 0 rings (SSSR count). The number of halogens is 1. The van der Waals surface area contributed by atoms with Gasteiger partial charge in [-0.15, -0.1) is 12.4 Å². The van der Waals surface area contributed by atoms with Gasteiger partial charge in [-0.3, -0.25) is 0 Å². The molecule has 0 aromatic heterocycles. The van der Waals surface area contributed by atoms with Crippen LogP contribution >= 0.6 is 12.4 Å². The van der Waals surface area contributed by atoms with Crippen LogP contribution in [0, 0.1) is 5.92 Å². The molecule has 0 fully saturated rings. The van der Waals surface area contributed by atoms with Gasteiger partial charge in [0.15, 0.2) is 0 Å². The first-order valence-corrected chi connectivity index (χ1v) is 3.09. The van der Waals surface area contributed by atoms with Crippen LogP contribution in [0.15, 0.2) is 0 Å². The number of hydrogen-bond acceptors (Lipinski definition) is 2. The lowest BCUT2D eigenvalue weighted by Crippen LogP contribution is -2.22. The highest BCUT2D eigenvalue weighted by Crippen LogP contribution is 1.85. The fraction of sp³-hybridized carbons (Fsp3) is 1.00. The molecule has 0 amide bonds. The highest BCUT2D eigenvalue weighted by atomic mass is 35.5. The number of hydrogen-bond donors (Lipinski definition) is 2. The summed E-state index contributed by atoms with van der Waals surface area (Å²) in [6.07, 6.45) is 0. The van der Waals surface area contributed by atoms with E-state index in [0.29, 0.717) is 5.92 Å². The van der Waals surface area contributed by atoms with Gasteiger partial charge in [-0.25, -0.2) is 0 Å². The zero-order valence-corrected chi connectivity index (χ0v) is 6.87. The van der Waals surface area contributed by atoms with Crippen molar-refractivity contribution in [3.63, 3.8) is 0 Å². The van der Waals surface area contributed by atoms with Gasteiger partial charge in [-0.05, 0) is 12.5 Å². The number of aliphatic hydroxyl groups excluding tert-OH is 1. The summed E-state index contributed by atoms with van der Waals surface area (Å²) in [7, 11) is 0. The third-order valence-electron chi connectivity index (χ3n) is 0.841. The smallest absolute Gasteiger partial charge is 0.0555 e. The topological polar surface area (TPSA) is 32.3 Å². The molecule has 0 heterocycles. The molecule has 0 saturated carbocycles. The Bertz CT molecular complexity index is 50.3. The molecular weight excluding hydrogens is 138 g/mol. The van der Waals surface area contributed by atoms with Gasteiger partial charge in [0.25, 0.3) is 0 Å². The van der Waals surface area contributed by atoms with Crippen molar-refractivity contribution in [3.05, 3.63) is 0 Å². The van der Waals surface area contributed by atoms with E-state index in [2.05, 4.69) is 19.2 Å². The predicted octanol–water partition coefficient (Wildman–Crippen LogP) is 0.646. The maximum Gasteiger partial charge on any atom is 0.0555 e. The van der Waals surface area contributed by atoms with Crippen LogP contribution in [0.5, 0.6) is 0 Å². The average molecular weight is 154 g/mol.